The number of halogens is 3. The lowest BCUT2D eigenvalue weighted by atomic mass is 9.83. The van der Waals surface area contributed by atoms with Gasteiger partial charge in [0.25, 0.3) is 0 Å². The van der Waals surface area contributed by atoms with Crippen LogP contribution in [0.3, 0.4) is 0 Å². The maximum Gasteiger partial charge on any atom is 0.393 e. The molecule has 2 saturated carbocycles. The van der Waals surface area contributed by atoms with Crippen molar-refractivity contribution in [2.75, 3.05) is 12.0 Å². The number of hydrogen-bond acceptors (Lipinski definition) is 3. The number of hydrogen-bond donors (Lipinski definition) is 1. The van der Waals surface area contributed by atoms with Crippen LogP contribution in [0, 0.1) is 11.3 Å². The number of amides is 1. The Hall–Kier alpha value is -0.790. The van der Waals surface area contributed by atoms with Crippen molar-refractivity contribution in [3.8, 4) is 0 Å². The Morgan fingerprint density at radius 3 is 2.32 bits per heavy atom. The molecule has 8 heteroatoms. The molecule has 0 radical (unpaired) electrons. The first kappa shape index (κ1) is 17.6. The fourth-order valence-corrected chi connectivity index (χ4v) is 4.90. The summed E-state index contributed by atoms with van der Waals surface area (Å²) in [5.41, 5.74) is -0.555. The predicted molar refractivity (Wildman–Crippen MR) is 75.9 cm³/mol. The molecule has 0 aliphatic heterocycles. The van der Waals surface area contributed by atoms with E-state index in [0.29, 0.717) is 32.1 Å². The standard InChI is InChI=1S/C14H22F3NO3S/c1-22(20,21)9-13(6-7-13)8-12(19)18-11-5-3-2-4-10(11)14(15,16)17/h10-11H,2-9H2,1H3,(H,18,19). The van der Waals surface area contributed by atoms with E-state index in [9.17, 15) is 26.4 Å². The summed E-state index contributed by atoms with van der Waals surface area (Å²) >= 11 is 0. The molecule has 2 atom stereocenters. The average molecular weight is 341 g/mol. The molecule has 2 rings (SSSR count). The summed E-state index contributed by atoms with van der Waals surface area (Å²) in [7, 11) is -3.19. The molecule has 128 valence electrons. The molecule has 0 saturated heterocycles. The van der Waals surface area contributed by atoms with Crippen molar-refractivity contribution in [3.63, 3.8) is 0 Å². The van der Waals surface area contributed by atoms with Gasteiger partial charge in [0.2, 0.25) is 5.91 Å². The van der Waals surface area contributed by atoms with Crippen LogP contribution in [0.5, 0.6) is 0 Å². The molecule has 0 aromatic carbocycles. The van der Waals surface area contributed by atoms with Crippen molar-refractivity contribution >= 4 is 15.7 Å². The van der Waals surface area contributed by atoms with E-state index >= 15 is 0 Å². The van der Waals surface area contributed by atoms with Crippen LogP contribution in [0.15, 0.2) is 0 Å². The molecular formula is C14H22F3NO3S. The first-order valence-electron chi connectivity index (χ1n) is 7.55. The summed E-state index contributed by atoms with van der Waals surface area (Å²) in [6.07, 6.45) is -0.338. The Balaban J connectivity index is 1.93. The van der Waals surface area contributed by atoms with Crippen molar-refractivity contribution in [1.29, 1.82) is 0 Å². The van der Waals surface area contributed by atoms with Gasteiger partial charge < -0.3 is 5.32 Å². The van der Waals surface area contributed by atoms with Crippen LogP contribution in [0.2, 0.25) is 0 Å². The molecule has 0 aromatic heterocycles. The van der Waals surface area contributed by atoms with Crippen molar-refractivity contribution in [2.45, 2.75) is 57.2 Å². The zero-order valence-electron chi connectivity index (χ0n) is 12.6. The van der Waals surface area contributed by atoms with Crippen LogP contribution in [-0.2, 0) is 14.6 Å². The molecule has 1 N–H and O–H groups in total. The maximum absolute atomic E-state index is 13.0. The van der Waals surface area contributed by atoms with Crippen LogP contribution in [-0.4, -0.2) is 38.6 Å². The van der Waals surface area contributed by atoms with Gasteiger partial charge in [-0.15, -0.1) is 0 Å². The van der Waals surface area contributed by atoms with E-state index < -0.39 is 39.3 Å². The smallest absolute Gasteiger partial charge is 0.353 e. The lowest BCUT2D eigenvalue weighted by molar-refractivity contribution is -0.189. The van der Waals surface area contributed by atoms with Crippen LogP contribution in [0.1, 0.15) is 44.9 Å². The Morgan fingerprint density at radius 2 is 1.82 bits per heavy atom. The third-order valence-corrected chi connectivity index (χ3v) is 5.73. The first-order chi connectivity index (χ1) is 10.0. The van der Waals surface area contributed by atoms with Gasteiger partial charge in [-0.25, -0.2) is 8.42 Å². The number of rotatable bonds is 5. The number of alkyl halides is 3. The van der Waals surface area contributed by atoms with Crippen molar-refractivity contribution in [3.05, 3.63) is 0 Å². The Morgan fingerprint density at radius 1 is 1.23 bits per heavy atom. The van der Waals surface area contributed by atoms with Gasteiger partial charge >= 0.3 is 6.18 Å². The third-order valence-electron chi connectivity index (χ3n) is 4.59. The molecule has 0 bridgehead atoms. The maximum atomic E-state index is 13.0. The minimum atomic E-state index is -4.30. The zero-order chi connectivity index (χ0) is 16.6. The fraction of sp³-hybridized carbons (Fsp3) is 0.929. The molecule has 0 heterocycles. The molecular weight excluding hydrogens is 319 g/mol. The summed E-state index contributed by atoms with van der Waals surface area (Å²) in [5, 5.41) is 2.50. The highest BCUT2D eigenvalue weighted by Crippen LogP contribution is 2.50. The normalized spacial score (nSPS) is 28.2. The second-order valence-corrected chi connectivity index (χ2v) is 8.99. The Bertz CT molecular complexity index is 526. The van der Waals surface area contributed by atoms with Crippen molar-refractivity contribution < 1.29 is 26.4 Å². The minimum Gasteiger partial charge on any atom is -0.353 e. The second-order valence-electron chi connectivity index (χ2n) is 6.85. The number of carbonyl (C=O) groups is 1. The Kier molecular flexibility index (Phi) is 4.80. The van der Waals surface area contributed by atoms with Gasteiger partial charge in [0.1, 0.15) is 9.84 Å². The number of nitrogens with one attached hydrogen (secondary N) is 1. The monoisotopic (exact) mass is 341 g/mol. The highest BCUT2D eigenvalue weighted by atomic mass is 32.2. The average Bonchev–Trinajstić information content (AvgIpc) is 3.04. The van der Waals surface area contributed by atoms with Crippen LogP contribution >= 0.6 is 0 Å². The van der Waals surface area contributed by atoms with E-state index in [1.807, 2.05) is 0 Å². The molecule has 4 nitrogen and oxygen atoms in total. The number of carbonyl (C=O) groups excluding carboxylic acids is 1. The number of sulfone groups is 1. The molecule has 2 aliphatic carbocycles. The van der Waals surface area contributed by atoms with E-state index in [2.05, 4.69) is 5.32 Å². The third kappa shape index (κ3) is 4.86. The van der Waals surface area contributed by atoms with E-state index in [0.717, 1.165) is 6.26 Å². The molecule has 2 aliphatic rings. The Labute approximate surface area is 128 Å². The van der Waals surface area contributed by atoms with Gasteiger partial charge in [-0.3, -0.25) is 4.79 Å². The summed E-state index contributed by atoms with van der Waals surface area (Å²) in [6, 6.07) is -0.879. The van der Waals surface area contributed by atoms with Gasteiger partial charge in [0.15, 0.2) is 0 Å². The lowest BCUT2D eigenvalue weighted by Crippen LogP contribution is -2.48. The molecule has 0 spiro atoms. The van der Waals surface area contributed by atoms with Crippen LogP contribution < -0.4 is 5.32 Å². The van der Waals surface area contributed by atoms with Crippen molar-refractivity contribution in [1.82, 2.24) is 5.32 Å². The van der Waals surface area contributed by atoms with E-state index in [1.165, 1.54) is 0 Å². The van der Waals surface area contributed by atoms with E-state index in [1.54, 1.807) is 0 Å². The topological polar surface area (TPSA) is 63.2 Å². The molecule has 22 heavy (non-hydrogen) atoms. The molecule has 0 aromatic rings. The van der Waals surface area contributed by atoms with Gasteiger partial charge in [-0.05, 0) is 31.1 Å². The van der Waals surface area contributed by atoms with Gasteiger partial charge in [0.05, 0.1) is 11.7 Å². The van der Waals surface area contributed by atoms with Gasteiger partial charge in [-0.2, -0.15) is 13.2 Å². The predicted octanol–water partition coefficient (Wildman–Crippen LogP) is 2.44. The molecule has 1 amide bonds. The van der Waals surface area contributed by atoms with Crippen LogP contribution in [0.25, 0.3) is 0 Å². The second kappa shape index (κ2) is 6.02. The lowest BCUT2D eigenvalue weighted by Gasteiger charge is -2.33. The van der Waals surface area contributed by atoms with Gasteiger partial charge in [0, 0.05) is 18.7 Å². The molecule has 2 unspecified atom stereocenters. The van der Waals surface area contributed by atoms with E-state index in [4.69, 9.17) is 0 Å². The largest absolute Gasteiger partial charge is 0.393 e. The first-order valence-corrected chi connectivity index (χ1v) is 9.61. The minimum absolute atomic E-state index is 0.00114. The van der Waals surface area contributed by atoms with E-state index in [-0.39, 0.29) is 18.6 Å². The van der Waals surface area contributed by atoms with Gasteiger partial charge in [-0.1, -0.05) is 12.8 Å². The highest BCUT2D eigenvalue weighted by molar-refractivity contribution is 7.90. The fourth-order valence-electron chi connectivity index (χ4n) is 3.40. The highest BCUT2D eigenvalue weighted by Gasteiger charge is 2.49. The molecule has 2 fully saturated rings. The summed E-state index contributed by atoms with van der Waals surface area (Å²) in [6.45, 7) is 0. The van der Waals surface area contributed by atoms with Crippen molar-refractivity contribution in [2.24, 2.45) is 11.3 Å². The zero-order valence-corrected chi connectivity index (χ0v) is 13.4. The summed E-state index contributed by atoms with van der Waals surface area (Å²) in [4.78, 5) is 12.1. The summed E-state index contributed by atoms with van der Waals surface area (Å²) < 4.78 is 61.7. The van der Waals surface area contributed by atoms with Crippen LogP contribution in [0.4, 0.5) is 13.2 Å². The summed E-state index contributed by atoms with van der Waals surface area (Å²) in [5.74, 6) is -2.02. The quantitative estimate of drug-likeness (QED) is 0.835. The SMILES string of the molecule is CS(=O)(=O)CC1(CC(=O)NC2CCCCC2C(F)(F)F)CC1.